The van der Waals surface area contributed by atoms with Crippen LogP contribution in [0.4, 0.5) is 4.79 Å². The number of esters is 1. The number of aromatic amines is 1. The molecule has 3 heterocycles. The number of piperidine rings is 1. The van der Waals surface area contributed by atoms with Crippen LogP contribution in [0.1, 0.15) is 24.1 Å². The summed E-state index contributed by atoms with van der Waals surface area (Å²) in [7, 11) is 1.26. The van der Waals surface area contributed by atoms with Crippen LogP contribution in [0.15, 0.2) is 60.7 Å². The minimum atomic E-state index is -0.920. The Bertz CT molecular complexity index is 1200. The van der Waals surface area contributed by atoms with E-state index in [1.165, 1.54) is 12.5 Å². The summed E-state index contributed by atoms with van der Waals surface area (Å²) in [6.07, 6.45) is 1.71. The van der Waals surface area contributed by atoms with Crippen molar-refractivity contribution in [1.82, 2.24) is 19.7 Å². The van der Waals surface area contributed by atoms with Crippen LogP contribution in [0.3, 0.4) is 0 Å². The van der Waals surface area contributed by atoms with Gasteiger partial charge in [0.2, 0.25) is 0 Å². The van der Waals surface area contributed by atoms with Crippen molar-refractivity contribution < 1.29 is 19.1 Å². The van der Waals surface area contributed by atoms with Gasteiger partial charge in [0.05, 0.1) is 7.11 Å². The molecule has 0 aliphatic carbocycles. The number of para-hydroxylation sites is 1. The number of urea groups is 1. The first-order valence-corrected chi connectivity index (χ1v) is 12.0. The number of carbonyl (C=O) groups excluding carboxylic acids is 3. The van der Waals surface area contributed by atoms with Crippen molar-refractivity contribution in [2.24, 2.45) is 0 Å². The number of carbonyl (C=O) groups is 3. The summed E-state index contributed by atoms with van der Waals surface area (Å²) in [6.45, 7) is 2.19. The predicted octanol–water partition coefficient (Wildman–Crippen LogP) is 3.18. The zero-order valence-corrected chi connectivity index (χ0v) is 19.9. The van der Waals surface area contributed by atoms with Crippen molar-refractivity contribution >= 4 is 28.8 Å². The number of hydrogen-bond acceptors (Lipinski definition) is 5. The van der Waals surface area contributed by atoms with E-state index < -0.39 is 17.5 Å². The van der Waals surface area contributed by atoms with Crippen LogP contribution in [0.5, 0.6) is 0 Å². The van der Waals surface area contributed by atoms with Crippen LogP contribution in [-0.2, 0) is 27.3 Å². The molecule has 2 saturated heterocycles. The molecule has 0 radical (unpaired) electrons. The Balaban J connectivity index is 1.32. The van der Waals surface area contributed by atoms with Crippen molar-refractivity contribution in [3.05, 3.63) is 71.9 Å². The highest BCUT2D eigenvalue weighted by molar-refractivity contribution is 6.08. The molecule has 1 spiro atoms. The van der Waals surface area contributed by atoms with Crippen LogP contribution >= 0.6 is 0 Å². The third-order valence-corrected chi connectivity index (χ3v) is 7.27. The number of ether oxygens (including phenoxy) is 1. The number of fused-ring (bicyclic) bond motifs is 1. The smallest absolute Gasteiger partial charge is 0.328 e. The molecule has 8 heteroatoms. The van der Waals surface area contributed by atoms with Gasteiger partial charge in [-0.1, -0.05) is 48.5 Å². The first-order chi connectivity index (χ1) is 17.0. The molecule has 1 N–H and O–H groups in total. The number of H-pyrrole nitrogens is 1. The number of rotatable bonds is 7. The number of nitrogens with one attached hydrogen (secondary N) is 1. The monoisotopic (exact) mass is 474 g/mol. The number of aromatic nitrogens is 1. The van der Waals surface area contributed by atoms with Gasteiger partial charge in [-0.25, -0.2) is 4.79 Å². The number of nitrogens with zero attached hydrogens (tertiary/aromatic N) is 3. The maximum atomic E-state index is 13.6. The van der Waals surface area contributed by atoms with Crippen molar-refractivity contribution in [1.29, 1.82) is 0 Å². The van der Waals surface area contributed by atoms with Crippen molar-refractivity contribution in [3.8, 4) is 0 Å². The molecule has 3 amide bonds. The zero-order chi connectivity index (χ0) is 24.4. The largest absolute Gasteiger partial charge is 0.468 e. The van der Waals surface area contributed by atoms with Crippen LogP contribution < -0.4 is 0 Å². The minimum absolute atomic E-state index is 0.286. The van der Waals surface area contributed by atoms with Gasteiger partial charge in [0.25, 0.3) is 5.91 Å². The summed E-state index contributed by atoms with van der Waals surface area (Å²) in [6, 6.07) is 19.9. The van der Waals surface area contributed by atoms with E-state index in [-0.39, 0.29) is 12.5 Å². The molecule has 0 bridgehead atoms. The lowest BCUT2D eigenvalue weighted by molar-refractivity contribution is -0.146. The average molecular weight is 475 g/mol. The first-order valence-electron chi connectivity index (χ1n) is 12.0. The van der Waals surface area contributed by atoms with Crippen molar-refractivity contribution in [2.75, 3.05) is 33.3 Å². The Morgan fingerprint density at radius 1 is 1.03 bits per heavy atom. The second-order valence-electron chi connectivity index (χ2n) is 9.33. The van der Waals surface area contributed by atoms with E-state index in [0.29, 0.717) is 38.9 Å². The van der Waals surface area contributed by atoms with E-state index in [2.05, 4.69) is 28.1 Å². The van der Waals surface area contributed by atoms with E-state index in [1.54, 1.807) is 4.90 Å². The van der Waals surface area contributed by atoms with Gasteiger partial charge in [0, 0.05) is 37.4 Å². The molecule has 2 aliphatic rings. The molecule has 35 heavy (non-hydrogen) atoms. The molecule has 8 nitrogen and oxygen atoms in total. The zero-order valence-electron chi connectivity index (χ0n) is 19.9. The molecule has 0 atom stereocenters. The van der Waals surface area contributed by atoms with Crippen LogP contribution in [0, 0.1) is 0 Å². The third-order valence-electron chi connectivity index (χ3n) is 7.27. The fourth-order valence-corrected chi connectivity index (χ4v) is 5.34. The highest BCUT2D eigenvalue weighted by atomic mass is 16.5. The van der Waals surface area contributed by atoms with Gasteiger partial charge in [0.15, 0.2) is 0 Å². The number of likely N-dealkylation sites (tertiary alicyclic amines) is 1. The Kier molecular flexibility index (Phi) is 6.30. The van der Waals surface area contributed by atoms with E-state index in [0.717, 1.165) is 28.2 Å². The average Bonchev–Trinajstić information content (AvgIpc) is 3.37. The van der Waals surface area contributed by atoms with Crippen molar-refractivity contribution in [2.45, 2.75) is 31.3 Å². The molecule has 5 rings (SSSR count). The molecule has 0 unspecified atom stereocenters. The Labute approximate surface area is 204 Å². The Hall–Kier alpha value is -3.65. The lowest BCUT2D eigenvalue weighted by atomic mass is 9.85. The van der Waals surface area contributed by atoms with Gasteiger partial charge in [0.1, 0.15) is 12.1 Å². The SMILES string of the molecule is COC(=O)CN1C(=O)N(CCc2ccccc2)C2(CCN(Cc3cc4ccccc4[nH]3)CC2)C1=O. The molecule has 2 aromatic carbocycles. The summed E-state index contributed by atoms with van der Waals surface area (Å²) >= 11 is 0. The number of benzene rings is 2. The second kappa shape index (κ2) is 9.54. The van der Waals surface area contributed by atoms with Gasteiger partial charge < -0.3 is 14.6 Å². The van der Waals surface area contributed by atoms with Crippen LogP contribution in [0.2, 0.25) is 0 Å². The third kappa shape index (κ3) is 4.41. The number of amides is 3. The maximum absolute atomic E-state index is 13.6. The summed E-state index contributed by atoms with van der Waals surface area (Å²) in [5.41, 5.74) is 2.42. The summed E-state index contributed by atoms with van der Waals surface area (Å²) in [4.78, 5) is 47.4. The topological polar surface area (TPSA) is 85.9 Å². The predicted molar refractivity (Wildman–Crippen MR) is 132 cm³/mol. The fourth-order valence-electron chi connectivity index (χ4n) is 5.34. The Morgan fingerprint density at radius 3 is 2.46 bits per heavy atom. The quantitative estimate of drug-likeness (QED) is 0.420. The van der Waals surface area contributed by atoms with Crippen molar-refractivity contribution in [3.63, 3.8) is 0 Å². The second-order valence-corrected chi connectivity index (χ2v) is 9.33. The number of hydrogen-bond donors (Lipinski definition) is 1. The molecule has 0 saturated carbocycles. The van der Waals surface area contributed by atoms with Gasteiger partial charge in [-0.3, -0.25) is 19.4 Å². The minimum Gasteiger partial charge on any atom is -0.468 e. The van der Waals surface area contributed by atoms with Crippen LogP contribution in [-0.4, -0.2) is 76.4 Å². The first kappa shape index (κ1) is 23.1. The summed E-state index contributed by atoms with van der Waals surface area (Å²) < 4.78 is 4.74. The highest BCUT2D eigenvalue weighted by Crippen LogP contribution is 2.38. The normalized spacial score (nSPS) is 18.1. The molecule has 2 aliphatic heterocycles. The van der Waals surface area contributed by atoms with Gasteiger partial charge in [-0.15, -0.1) is 0 Å². The van der Waals surface area contributed by atoms with E-state index in [9.17, 15) is 14.4 Å². The fraction of sp³-hybridized carbons (Fsp3) is 0.370. The lowest BCUT2D eigenvalue weighted by Crippen LogP contribution is -2.56. The molecular formula is C27H30N4O4. The molecule has 182 valence electrons. The van der Waals surface area contributed by atoms with Gasteiger partial charge in [-0.2, -0.15) is 0 Å². The van der Waals surface area contributed by atoms with E-state index in [1.807, 2.05) is 42.5 Å². The molecular weight excluding hydrogens is 444 g/mol. The number of imide groups is 1. The van der Waals surface area contributed by atoms with Gasteiger partial charge >= 0.3 is 12.0 Å². The van der Waals surface area contributed by atoms with E-state index in [4.69, 9.17) is 4.74 Å². The lowest BCUT2D eigenvalue weighted by Gasteiger charge is -2.42. The molecule has 3 aromatic rings. The Morgan fingerprint density at radius 2 is 1.74 bits per heavy atom. The summed E-state index contributed by atoms with van der Waals surface area (Å²) in [5.74, 6) is -0.880. The highest BCUT2D eigenvalue weighted by Gasteiger charge is 2.58. The van der Waals surface area contributed by atoms with Crippen LogP contribution in [0.25, 0.3) is 10.9 Å². The summed E-state index contributed by atoms with van der Waals surface area (Å²) in [5, 5.41) is 1.18. The molecule has 2 fully saturated rings. The van der Waals surface area contributed by atoms with E-state index >= 15 is 0 Å². The molecule has 1 aromatic heterocycles. The number of methoxy groups -OCH3 is 1. The maximum Gasteiger partial charge on any atom is 0.328 e. The standard InChI is InChI=1S/C27H30N4O4/c1-35-24(32)19-30-25(33)27(31(26(30)34)14-11-20-7-3-2-4-8-20)12-15-29(16-13-27)18-22-17-21-9-5-6-10-23(21)28-22/h2-10,17,28H,11-16,18-19H2,1H3. The van der Waals surface area contributed by atoms with Gasteiger partial charge in [-0.05, 0) is 42.3 Å².